The van der Waals surface area contributed by atoms with Crippen LogP contribution in [0.2, 0.25) is 5.02 Å². The van der Waals surface area contributed by atoms with E-state index in [1.807, 2.05) is 42.7 Å². The fourth-order valence-corrected chi connectivity index (χ4v) is 4.03. The molecule has 118 valence electrons. The van der Waals surface area contributed by atoms with Crippen LogP contribution < -0.4 is 4.90 Å². The summed E-state index contributed by atoms with van der Waals surface area (Å²) in [5.41, 5.74) is 3.59. The summed E-state index contributed by atoms with van der Waals surface area (Å²) in [5.74, 6) is 0. The third kappa shape index (κ3) is 3.01. The molecule has 0 aliphatic heterocycles. The minimum atomic E-state index is 0.773. The Morgan fingerprint density at radius 2 is 1.75 bits per heavy atom. The molecule has 4 aromatic rings. The molecule has 2 aromatic heterocycles. The maximum Gasteiger partial charge on any atom is 0.0602 e. The van der Waals surface area contributed by atoms with Crippen LogP contribution in [0.1, 0.15) is 5.56 Å². The van der Waals surface area contributed by atoms with Gasteiger partial charge in [0.15, 0.2) is 0 Å². The van der Waals surface area contributed by atoms with Gasteiger partial charge in [0.2, 0.25) is 0 Å². The number of nitrogens with zero attached hydrogens (tertiary/aromatic N) is 2. The molecule has 0 aliphatic rings. The van der Waals surface area contributed by atoms with Gasteiger partial charge in [0, 0.05) is 45.1 Å². The molecule has 0 radical (unpaired) electrons. The molecule has 2 heterocycles. The molecule has 4 heteroatoms. The molecule has 0 fully saturated rings. The van der Waals surface area contributed by atoms with Gasteiger partial charge in [-0.2, -0.15) is 0 Å². The number of anilines is 2. The highest BCUT2D eigenvalue weighted by Gasteiger charge is 2.15. The van der Waals surface area contributed by atoms with Crippen molar-refractivity contribution < 1.29 is 0 Å². The van der Waals surface area contributed by atoms with Gasteiger partial charge in [0.05, 0.1) is 5.69 Å². The third-order valence-electron chi connectivity index (χ3n) is 3.97. The number of hydrogen-bond acceptors (Lipinski definition) is 3. The Balaban J connectivity index is 1.82. The Labute approximate surface area is 150 Å². The number of pyridine rings is 1. The lowest BCUT2D eigenvalue weighted by Crippen LogP contribution is -2.16. The quantitative estimate of drug-likeness (QED) is 0.430. The van der Waals surface area contributed by atoms with Crippen LogP contribution in [0.4, 0.5) is 11.4 Å². The van der Waals surface area contributed by atoms with Crippen LogP contribution >= 0.6 is 22.9 Å². The molecule has 0 unspecified atom stereocenters. The minimum absolute atomic E-state index is 0.773. The Bertz CT molecular complexity index is 951. The molecule has 0 spiro atoms. The summed E-state index contributed by atoms with van der Waals surface area (Å²) in [5, 5.41) is 4.19. The van der Waals surface area contributed by atoms with Crippen LogP contribution in [0.25, 0.3) is 10.1 Å². The van der Waals surface area contributed by atoms with Gasteiger partial charge >= 0.3 is 0 Å². The number of halogens is 1. The van der Waals surface area contributed by atoms with E-state index >= 15 is 0 Å². The maximum atomic E-state index is 6.14. The summed E-state index contributed by atoms with van der Waals surface area (Å²) in [6.07, 6.45) is 3.66. The summed E-state index contributed by atoms with van der Waals surface area (Å²) < 4.78 is 1.20. The predicted octanol–water partition coefficient (Wildman–Crippen LogP) is 6.29. The van der Waals surface area contributed by atoms with Gasteiger partial charge in [-0.1, -0.05) is 41.9 Å². The van der Waals surface area contributed by atoms with Gasteiger partial charge < -0.3 is 4.90 Å². The Hall–Kier alpha value is -2.36. The molecule has 2 nitrogen and oxygen atoms in total. The molecule has 0 amide bonds. The van der Waals surface area contributed by atoms with Crippen molar-refractivity contribution in [3.05, 3.63) is 89.0 Å². The molecule has 0 N–H and O–H groups in total. The Morgan fingerprint density at radius 1 is 0.958 bits per heavy atom. The third-order valence-corrected chi connectivity index (χ3v) is 5.13. The van der Waals surface area contributed by atoms with Crippen LogP contribution in [0.3, 0.4) is 0 Å². The van der Waals surface area contributed by atoms with Crippen LogP contribution in [-0.2, 0) is 6.54 Å². The molecule has 0 saturated heterocycles. The SMILES string of the molecule is Clc1ccc2c(N(Cc3ccccc3)c3ccncc3)csc2c1. The van der Waals surface area contributed by atoms with Crippen molar-refractivity contribution in [1.29, 1.82) is 0 Å². The Kier molecular flexibility index (Phi) is 4.20. The first-order valence-electron chi connectivity index (χ1n) is 7.69. The molecule has 0 aliphatic carbocycles. The van der Waals surface area contributed by atoms with Gasteiger partial charge in [-0.05, 0) is 35.9 Å². The number of hydrogen-bond donors (Lipinski definition) is 0. The molecule has 4 rings (SSSR count). The highest BCUT2D eigenvalue weighted by molar-refractivity contribution is 7.17. The van der Waals surface area contributed by atoms with Gasteiger partial charge in [0.1, 0.15) is 0 Å². The van der Waals surface area contributed by atoms with Gasteiger partial charge in [-0.25, -0.2) is 0 Å². The number of rotatable bonds is 4. The number of fused-ring (bicyclic) bond motifs is 1. The fourth-order valence-electron chi connectivity index (χ4n) is 2.80. The second-order valence-electron chi connectivity index (χ2n) is 5.54. The first-order valence-corrected chi connectivity index (χ1v) is 8.95. The van der Waals surface area contributed by atoms with E-state index in [-0.39, 0.29) is 0 Å². The largest absolute Gasteiger partial charge is 0.336 e. The van der Waals surface area contributed by atoms with E-state index in [2.05, 4.69) is 45.6 Å². The average Bonchev–Trinajstić information content (AvgIpc) is 3.04. The van der Waals surface area contributed by atoms with Crippen LogP contribution in [0, 0.1) is 0 Å². The first-order chi connectivity index (χ1) is 11.8. The summed E-state index contributed by atoms with van der Waals surface area (Å²) in [6, 6.07) is 20.7. The van der Waals surface area contributed by atoms with E-state index in [0.29, 0.717) is 0 Å². The van der Waals surface area contributed by atoms with Crippen molar-refractivity contribution in [2.75, 3.05) is 4.90 Å². The van der Waals surface area contributed by atoms with Crippen LogP contribution in [-0.4, -0.2) is 4.98 Å². The molecule has 24 heavy (non-hydrogen) atoms. The maximum absolute atomic E-state index is 6.14. The lowest BCUT2D eigenvalue weighted by Gasteiger charge is -2.24. The topological polar surface area (TPSA) is 16.1 Å². The first kappa shape index (κ1) is 15.2. The van der Waals surface area contributed by atoms with Crippen molar-refractivity contribution in [2.45, 2.75) is 6.54 Å². The molecule has 0 saturated carbocycles. The number of thiophene rings is 1. The second kappa shape index (κ2) is 6.63. The normalized spacial score (nSPS) is 10.9. The lowest BCUT2D eigenvalue weighted by molar-refractivity contribution is 0.980. The van der Waals surface area contributed by atoms with E-state index in [9.17, 15) is 0 Å². The van der Waals surface area contributed by atoms with Gasteiger partial charge in [-0.15, -0.1) is 11.3 Å². The van der Waals surface area contributed by atoms with Crippen molar-refractivity contribution in [3.63, 3.8) is 0 Å². The summed E-state index contributed by atoms with van der Waals surface area (Å²) >= 11 is 7.86. The fraction of sp³-hybridized carbons (Fsp3) is 0.0500. The zero-order valence-corrected chi connectivity index (χ0v) is 14.5. The number of benzene rings is 2. The summed E-state index contributed by atoms with van der Waals surface area (Å²) in [6.45, 7) is 0.805. The smallest absolute Gasteiger partial charge is 0.0602 e. The lowest BCUT2D eigenvalue weighted by atomic mass is 10.1. The van der Waals surface area contributed by atoms with Crippen LogP contribution in [0.15, 0.2) is 78.4 Å². The Morgan fingerprint density at radius 3 is 2.54 bits per heavy atom. The predicted molar refractivity (Wildman–Crippen MR) is 103 cm³/mol. The zero-order chi connectivity index (χ0) is 16.4. The highest BCUT2D eigenvalue weighted by atomic mass is 35.5. The average molecular weight is 351 g/mol. The highest BCUT2D eigenvalue weighted by Crippen LogP contribution is 2.38. The summed E-state index contributed by atoms with van der Waals surface area (Å²) in [4.78, 5) is 6.47. The molecule has 0 bridgehead atoms. The van der Waals surface area contributed by atoms with Crippen molar-refractivity contribution >= 4 is 44.4 Å². The standard InChI is InChI=1S/C20H15ClN2S/c21-16-6-7-18-19(14-24-20(18)12-16)23(17-8-10-22-11-9-17)13-15-4-2-1-3-5-15/h1-12,14H,13H2. The summed E-state index contributed by atoms with van der Waals surface area (Å²) in [7, 11) is 0. The molecular formula is C20H15ClN2S. The molecular weight excluding hydrogens is 336 g/mol. The van der Waals surface area contributed by atoms with Crippen molar-refractivity contribution in [2.24, 2.45) is 0 Å². The van der Waals surface area contributed by atoms with E-state index in [1.165, 1.54) is 21.3 Å². The van der Waals surface area contributed by atoms with Crippen molar-refractivity contribution in [3.8, 4) is 0 Å². The second-order valence-corrected chi connectivity index (χ2v) is 6.89. The zero-order valence-electron chi connectivity index (χ0n) is 12.9. The van der Waals surface area contributed by atoms with E-state index in [0.717, 1.165) is 17.3 Å². The van der Waals surface area contributed by atoms with E-state index in [4.69, 9.17) is 11.6 Å². The van der Waals surface area contributed by atoms with Crippen LogP contribution in [0.5, 0.6) is 0 Å². The van der Waals surface area contributed by atoms with Gasteiger partial charge in [0.25, 0.3) is 0 Å². The van der Waals surface area contributed by atoms with E-state index < -0.39 is 0 Å². The van der Waals surface area contributed by atoms with E-state index in [1.54, 1.807) is 11.3 Å². The van der Waals surface area contributed by atoms with Gasteiger partial charge in [-0.3, -0.25) is 4.98 Å². The molecule has 2 aromatic carbocycles. The monoisotopic (exact) mass is 350 g/mol. The van der Waals surface area contributed by atoms with Crippen molar-refractivity contribution in [1.82, 2.24) is 4.98 Å². The minimum Gasteiger partial charge on any atom is -0.336 e. The number of aromatic nitrogens is 1. The molecule has 0 atom stereocenters.